The van der Waals surface area contributed by atoms with E-state index in [0.717, 1.165) is 15.4 Å². The van der Waals surface area contributed by atoms with Gasteiger partial charge in [0.15, 0.2) is 5.82 Å². The van der Waals surface area contributed by atoms with Crippen molar-refractivity contribution in [2.45, 2.75) is 13.0 Å². The lowest BCUT2D eigenvalue weighted by Gasteiger charge is -2.11. The Kier molecular flexibility index (Phi) is 4.19. The van der Waals surface area contributed by atoms with Gasteiger partial charge in [0.2, 0.25) is 5.89 Å². The number of imide groups is 2. The summed E-state index contributed by atoms with van der Waals surface area (Å²) in [5, 5.41) is 3.83. The van der Waals surface area contributed by atoms with Gasteiger partial charge in [0.05, 0.1) is 0 Å². The summed E-state index contributed by atoms with van der Waals surface area (Å²) in [6.07, 6.45) is 1.84. The first-order chi connectivity index (χ1) is 11.6. The third-order valence-corrected chi connectivity index (χ3v) is 3.46. The van der Waals surface area contributed by atoms with Crippen molar-refractivity contribution in [1.82, 2.24) is 19.9 Å². The number of urea groups is 1. The van der Waals surface area contributed by atoms with Gasteiger partial charge in [-0.15, -0.1) is 6.58 Å². The smallest absolute Gasteiger partial charge is 0.335 e. The third-order valence-electron chi connectivity index (χ3n) is 3.46. The number of nitrogens with zero attached hydrogens (tertiary/aromatic N) is 4. The van der Waals surface area contributed by atoms with Crippen molar-refractivity contribution in [3.63, 3.8) is 0 Å². The number of hydrogen-bond acceptors (Lipinski definition) is 6. The average Bonchev–Trinajstić information content (AvgIpc) is 3.10. The molecule has 0 radical (unpaired) electrons. The summed E-state index contributed by atoms with van der Waals surface area (Å²) in [5.74, 6) is -1.27. The van der Waals surface area contributed by atoms with E-state index >= 15 is 0 Å². The molecule has 0 N–H and O–H groups in total. The van der Waals surface area contributed by atoms with Crippen LogP contribution in [-0.4, -0.2) is 44.3 Å². The molecule has 1 saturated heterocycles. The number of carbonyl (C=O) groups is 3. The van der Waals surface area contributed by atoms with Gasteiger partial charge < -0.3 is 4.52 Å². The van der Waals surface area contributed by atoms with Crippen molar-refractivity contribution in [3.8, 4) is 0 Å². The molecule has 122 valence electrons. The fourth-order valence-electron chi connectivity index (χ4n) is 2.32. The zero-order valence-electron chi connectivity index (χ0n) is 12.7. The second kappa shape index (κ2) is 6.45. The molecule has 8 heteroatoms. The Balaban J connectivity index is 1.70. The Morgan fingerprint density at radius 1 is 1.08 bits per heavy atom. The molecular weight excluding hydrogens is 312 g/mol. The van der Waals surface area contributed by atoms with Gasteiger partial charge in [-0.3, -0.25) is 14.5 Å². The molecule has 1 aliphatic rings. The molecule has 0 aliphatic carbocycles. The Bertz CT molecular complexity index is 799. The Morgan fingerprint density at radius 2 is 1.79 bits per heavy atom. The molecule has 0 bridgehead atoms. The second-order valence-electron chi connectivity index (χ2n) is 5.15. The highest BCUT2D eigenvalue weighted by atomic mass is 16.5. The van der Waals surface area contributed by atoms with Crippen LogP contribution in [0, 0.1) is 0 Å². The van der Waals surface area contributed by atoms with Crippen LogP contribution in [0.1, 0.15) is 17.3 Å². The summed E-state index contributed by atoms with van der Waals surface area (Å²) in [4.78, 5) is 41.5. The number of benzene rings is 1. The van der Waals surface area contributed by atoms with E-state index in [1.807, 2.05) is 30.3 Å². The van der Waals surface area contributed by atoms with E-state index in [9.17, 15) is 14.4 Å². The van der Waals surface area contributed by atoms with E-state index < -0.39 is 17.8 Å². The van der Waals surface area contributed by atoms with Crippen molar-refractivity contribution < 1.29 is 18.9 Å². The maximum absolute atomic E-state index is 12.1. The summed E-state index contributed by atoms with van der Waals surface area (Å²) < 4.78 is 5.07. The summed E-state index contributed by atoms with van der Waals surface area (Å²) in [6.45, 7) is 3.19. The zero-order valence-corrected chi connectivity index (χ0v) is 12.7. The van der Waals surface area contributed by atoms with Crippen LogP contribution in [0.15, 0.2) is 47.5 Å². The van der Waals surface area contributed by atoms with Gasteiger partial charge in [-0.2, -0.15) is 4.98 Å². The first-order valence-corrected chi connectivity index (χ1v) is 7.23. The molecule has 1 fully saturated rings. The standard InChI is InChI=1S/C16H14N4O4/c1-2-8-19-14(21)15(22)20(16(19)23)10-13-17-12(18-24-13)9-11-6-4-3-5-7-11/h2-7H,1,8-10H2. The van der Waals surface area contributed by atoms with E-state index in [1.54, 1.807) is 0 Å². The van der Waals surface area contributed by atoms with Gasteiger partial charge in [0, 0.05) is 13.0 Å². The Morgan fingerprint density at radius 3 is 2.50 bits per heavy atom. The van der Waals surface area contributed by atoms with Crippen LogP contribution in [0.3, 0.4) is 0 Å². The van der Waals surface area contributed by atoms with Gasteiger partial charge in [0.1, 0.15) is 6.54 Å². The average molecular weight is 326 g/mol. The molecule has 8 nitrogen and oxygen atoms in total. The Labute approximate surface area is 137 Å². The van der Waals surface area contributed by atoms with Gasteiger partial charge >= 0.3 is 17.8 Å². The maximum Gasteiger partial charge on any atom is 0.335 e. The van der Waals surface area contributed by atoms with Gasteiger partial charge in [-0.1, -0.05) is 41.6 Å². The van der Waals surface area contributed by atoms with Crippen molar-refractivity contribution in [1.29, 1.82) is 0 Å². The highest BCUT2D eigenvalue weighted by Crippen LogP contribution is 2.15. The molecule has 3 rings (SSSR count). The minimum atomic E-state index is -0.912. The molecule has 1 aromatic carbocycles. The number of amides is 4. The summed E-state index contributed by atoms with van der Waals surface area (Å²) in [6, 6.07) is 8.84. The Hall–Kier alpha value is -3.29. The van der Waals surface area contributed by atoms with Crippen LogP contribution in [-0.2, 0) is 22.6 Å². The predicted octanol–water partition coefficient (Wildman–Crippen LogP) is 1.14. The van der Waals surface area contributed by atoms with E-state index in [4.69, 9.17) is 4.52 Å². The fourth-order valence-corrected chi connectivity index (χ4v) is 2.32. The SMILES string of the molecule is C=CCN1C(=O)C(=O)N(Cc2nc(Cc3ccccc3)no2)C1=O. The van der Waals surface area contributed by atoms with E-state index in [-0.39, 0.29) is 19.0 Å². The third kappa shape index (κ3) is 2.94. The molecule has 24 heavy (non-hydrogen) atoms. The minimum absolute atomic E-state index is 0.0248. The summed E-state index contributed by atoms with van der Waals surface area (Å²) >= 11 is 0. The molecule has 2 heterocycles. The normalized spacial score (nSPS) is 14.6. The molecular formula is C16H14N4O4. The first kappa shape index (κ1) is 15.6. The maximum atomic E-state index is 12.1. The quantitative estimate of drug-likeness (QED) is 0.448. The van der Waals surface area contributed by atoms with Crippen molar-refractivity contribution in [2.75, 3.05) is 6.54 Å². The molecule has 0 unspecified atom stereocenters. The number of carbonyl (C=O) groups excluding carboxylic acids is 3. The molecule has 0 spiro atoms. The van der Waals surface area contributed by atoms with Gasteiger partial charge in [-0.05, 0) is 5.56 Å². The highest BCUT2D eigenvalue weighted by molar-refractivity contribution is 6.44. The van der Waals surface area contributed by atoms with Crippen LogP contribution in [0.2, 0.25) is 0 Å². The molecule has 1 aromatic heterocycles. The van der Waals surface area contributed by atoms with E-state index in [1.165, 1.54) is 6.08 Å². The molecule has 0 atom stereocenters. The molecule has 4 amide bonds. The second-order valence-corrected chi connectivity index (χ2v) is 5.15. The van der Waals surface area contributed by atoms with Crippen molar-refractivity contribution in [3.05, 3.63) is 60.3 Å². The zero-order chi connectivity index (χ0) is 17.1. The van der Waals surface area contributed by atoms with Crippen LogP contribution < -0.4 is 0 Å². The van der Waals surface area contributed by atoms with Crippen LogP contribution in [0.25, 0.3) is 0 Å². The molecule has 1 aliphatic heterocycles. The van der Waals surface area contributed by atoms with E-state index in [2.05, 4.69) is 16.7 Å². The van der Waals surface area contributed by atoms with Crippen LogP contribution in [0.5, 0.6) is 0 Å². The monoisotopic (exact) mass is 326 g/mol. The fraction of sp³-hybridized carbons (Fsp3) is 0.188. The lowest BCUT2D eigenvalue weighted by Crippen LogP contribution is -2.33. The van der Waals surface area contributed by atoms with Crippen molar-refractivity contribution >= 4 is 17.8 Å². The van der Waals surface area contributed by atoms with Crippen molar-refractivity contribution in [2.24, 2.45) is 0 Å². The largest absolute Gasteiger partial charge is 0.337 e. The first-order valence-electron chi connectivity index (χ1n) is 7.23. The van der Waals surface area contributed by atoms with Crippen LogP contribution in [0.4, 0.5) is 4.79 Å². The lowest BCUT2D eigenvalue weighted by atomic mass is 10.1. The molecule has 2 aromatic rings. The molecule has 0 saturated carbocycles. The topological polar surface area (TPSA) is 96.6 Å². The van der Waals surface area contributed by atoms with Gasteiger partial charge in [-0.25, -0.2) is 9.69 Å². The number of aromatic nitrogens is 2. The minimum Gasteiger partial charge on any atom is -0.337 e. The van der Waals surface area contributed by atoms with Gasteiger partial charge in [0.25, 0.3) is 0 Å². The predicted molar refractivity (Wildman–Crippen MR) is 81.4 cm³/mol. The lowest BCUT2D eigenvalue weighted by molar-refractivity contribution is -0.143. The number of hydrogen-bond donors (Lipinski definition) is 0. The number of rotatable bonds is 6. The van der Waals surface area contributed by atoms with Crippen LogP contribution >= 0.6 is 0 Å². The highest BCUT2D eigenvalue weighted by Gasteiger charge is 2.44. The summed E-state index contributed by atoms with van der Waals surface area (Å²) in [7, 11) is 0. The van der Waals surface area contributed by atoms with E-state index in [0.29, 0.717) is 12.2 Å². The summed E-state index contributed by atoms with van der Waals surface area (Å²) in [5.41, 5.74) is 1.01.